The Morgan fingerprint density at radius 3 is 2.71 bits per heavy atom. The largest absolute Gasteiger partial charge is 0.497 e. The monoisotopic (exact) mass is 377 g/mol. The summed E-state index contributed by atoms with van der Waals surface area (Å²) in [7, 11) is 1.78. The van der Waals surface area contributed by atoms with Crippen LogP contribution >= 0.6 is 0 Å². The molecule has 0 radical (unpaired) electrons. The molecule has 2 fully saturated rings. The van der Waals surface area contributed by atoms with Gasteiger partial charge in [-0.1, -0.05) is 55.3 Å². The van der Waals surface area contributed by atoms with Crippen molar-refractivity contribution < 1.29 is 4.74 Å². The Hall–Kier alpha value is -1.80. The smallest absolute Gasteiger partial charge is 0.119 e. The van der Waals surface area contributed by atoms with Crippen LogP contribution in [0.1, 0.15) is 49.3 Å². The van der Waals surface area contributed by atoms with Gasteiger partial charge in [-0.15, -0.1) is 0 Å². The first-order valence-electron chi connectivity index (χ1n) is 11.0. The summed E-state index contributed by atoms with van der Waals surface area (Å²) < 4.78 is 5.56. The van der Waals surface area contributed by atoms with Gasteiger partial charge in [-0.05, 0) is 74.2 Å². The Morgan fingerprint density at radius 2 is 1.93 bits per heavy atom. The summed E-state index contributed by atoms with van der Waals surface area (Å²) in [5, 5.41) is 0. The molecule has 3 unspecified atom stereocenters. The van der Waals surface area contributed by atoms with Crippen molar-refractivity contribution in [3.05, 3.63) is 65.2 Å². The molecule has 4 rings (SSSR count). The van der Waals surface area contributed by atoms with Gasteiger partial charge in [0.25, 0.3) is 0 Å². The lowest BCUT2D eigenvalue weighted by atomic mass is 9.57. The van der Waals surface area contributed by atoms with Gasteiger partial charge in [0.05, 0.1) is 7.11 Å². The number of benzene rings is 2. The quantitative estimate of drug-likeness (QED) is 0.670. The Labute approximate surface area is 170 Å². The predicted octanol–water partition coefficient (Wildman–Crippen LogP) is 5.63. The van der Waals surface area contributed by atoms with E-state index in [9.17, 15) is 0 Å². The zero-order valence-corrected chi connectivity index (χ0v) is 17.8. The fourth-order valence-corrected chi connectivity index (χ4v) is 5.66. The van der Waals surface area contributed by atoms with Crippen LogP contribution in [0.15, 0.2) is 48.5 Å². The SMILES string of the molecule is COc1cccc(C23CCN(CCc4ccc(C)cc4)CC2CCC(C)C3)c1. The molecule has 2 aromatic carbocycles. The number of rotatable bonds is 5. The van der Waals surface area contributed by atoms with Crippen molar-refractivity contribution in [3.8, 4) is 5.75 Å². The van der Waals surface area contributed by atoms with E-state index in [4.69, 9.17) is 4.74 Å². The van der Waals surface area contributed by atoms with Gasteiger partial charge >= 0.3 is 0 Å². The molecule has 0 N–H and O–H groups in total. The Balaban J connectivity index is 1.49. The minimum atomic E-state index is 0.340. The lowest BCUT2D eigenvalue weighted by molar-refractivity contribution is 0.0390. The maximum absolute atomic E-state index is 5.56. The van der Waals surface area contributed by atoms with E-state index in [1.165, 1.54) is 62.0 Å². The molecule has 2 aromatic rings. The van der Waals surface area contributed by atoms with E-state index < -0.39 is 0 Å². The summed E-state index contributed by atoms with van der Waals surface area (Å²) in [6, 6.07) is 18.0. The van der Waals surface area contributed by atoms with Crippen molar-refractivity contribution in [1.82, 2.24) is 4.90 Å². The Morgan fingerprint density at radius 1 is 1.11 bits per heavy atom. The van der Waals surface area contributed by atoms with Crippen molar-refractivity contribution in [2.45, 2.75) is 51.4 Å². The van der Waals surface area contributed by atoms with Gasteiger partial charge in [-0.25, -0.2) is 0 Å². The highest BCUT2D eigenvalue weighted by Gasteiger charge is 2.47. The third kappa shape index (κ3) is 3.98. The van der Waals surface area contributed by atoms with Crippen LogP contribution in [0.4, 0.5) is 0 Å². The highest BCUT2D eigenvalue weighted by molar-refractivity contribution is 5.36. The summed E-state index contributed by atoms with van der Waals surface area (Å²) in [4.78, 5) is 2.72. The molecule has 1 saturated carbocycles. The third-order valence-corrected chi connectivity index (χ3v) is 7.34. The molecule has 28 heavy (non-hydrogen) atoms. The number of ether oxygens (including phenoxy) is 1. The summed E-state index contributed by atoms with van der Waals surface area (Å²) in [6.07, 6.45) is 6.51. The first-order valence-corrected chi connectivity index (χ1v) is 11.0. The second-order valence-corrected chi connectivity index (χ2v) is 9.26. The Kier molecular flexibility index (Phi) is 5.78. The number of likely N-dealkylation sites (tertiary alicyclic amines) is 1. The molecule has 150 valence electrons. The van der Waals surface area contributed by atoms with Crippen molar-refractivity contribution in [2.24, 2.45) is 11.8 Å². The fraction of sp³-hybridized carbons (Fsp3) is 0.538. The molecule has 2 aliphatic rings. The van der Waals surface area contributed by atoms with Crippen LogP contribution in [0.25, 0.3) is 0 Å². The minimum Gasteiger partial charge on any atom is -0.497 e. The third-order valence-electron chi connectivity index (χ3n) is 7.34. The molecule has 0 aromatic heterocycles. The molecule has 2 heteroatoms. The topological polar surface area (TPSA) is 12.5 Å². The van der Waals surface area contributed by atoms with Crippen molar-refractivity contribution >= 4 is 0 Å². The zero-order chi connectivity index (χ0) is 19.6. The molecule has 1 aliphatic heterocycles. The first kappa shape index (κ1) is 19.5. The Bertz CT molecular complexity index is 783. The average Bonchev–Trinajstić information content (AvgIpc) is 2.73. The predicted molar refractivity (Wildman–Crippen MR) is 117 cm³/mol. The molecule has 0 spiro atoms. The van der Waals surface area contributed by atoms with Crippen molar-refractivity contribution in [1.29, 1.82) is 0 Å². The van der Waals surface area contributed by atoms with Gasteiger partial charge in [-0.2, -0.15) is 0 Å². The first-order chi connectivity index (χ1) is 13.6. The van der Waals surface area contributed by atoms with E-state index in [1.807, 2.05) is 0 Å². The maximum Gasteiger partial charge on any atom is 0.119 e. The standard InChI is InChI=1S/C26H35NO/c1-20-7-10-22(11-8-20)13-15-27-16-14-26(18-21(2)9-12-24(26)19-27)23-5-4-6-25(17-23)28-3/h4-8,10-11,17,21,24H,9,12-16,18-19H2,1-3H3. The van der Waals surface area contributed by atoms with Crippen LogP contribution in [-0.2, 0) is 11.8 Å². The summed E-state index contributed by atoms with van der Waals surface area (Å²) >= 11 is 0. The highest BCUT2D eigenvalue weighted by atomic mass is 16.5. The van der Waals surface area contributed by atoms with Gasteiger partial charge in [0.2, 0.25) is 0 Å². The second-order valence-electron chi connectivity index (χ2n) is 9.26. The zero-order valence-electron chi connectivity index (χ0n) is 17.8. The van der Waals surface area contributed by atoms with Crippen LogP contribution in [0.3, 0.4) is 0 Å². The van der Waals surface area contributed by atoms with Gasteiger partial charge in [0, 0.05) is 18.5 Å². The molecular formula is C26H35NO. The van der Waals surface area contributed by atoms with Crippen LogP contribution in [0, 0.1) is 18.8 Å². The highest BCUT2D eigenvalue weighted by Crippen LogP contribution is 2.51. The average molecular weight is 378 g/mol. The van der Waals surface area contributed by atoms with E-state index in [-0.39, 0.29) is 0 Å². The summed E-state index contributed by atoms with van der Waals surface area (Å²) in [5.74, 6) is 2.59. The fourth-order valence-electron chi connectivity index (χ4n) is 5.66. The summed E-state index contributed by atoms with van der Waals surface area (Å²) in [6.45, 7) is 8.25. The van der Waals surface area contributed by atoms with Gasteiger partial charge < -0.3 is 9.64 Å². The molecule has 1 heterocycles. The van der Waals surface area contributed by atoms with E-state index >= 15 is 0 Å². The second kappa shape index (κ2) is 8.29. The van der Waals surface area contributed by atoms with Crippen molar-refractivity contribution in [2.75, 3.05) is 26.7 Å². The van der Waals surface area contributed by atoms with Crippen LogP contribution < -0.4 is 4.74 Å². The van der Waals surface area contributed by atoms with Gasteiger partial charge in [-0.3, -0.25) is 0 Å². The number of aryl methyl sites for hydroxylation is 1. The van der Waals surface area contributed by atoms with E-state index in [1.54, 1.807) is 7.11 Å². The minimum absolute atomic E-state index is 0.340. The number of fused-ring (bicyclic) bond motifs is 1. The molecule has 0 bridgehead atoms. The van der Waals surface area contributed by atoms with Crippen LogP contribution in [0.2, 0.25) is 0 Å². The van der Waals surface area contributed by atoms with E-state index in [2.05, 4.69) is 67.3 Å². The van der Waals surface area contributed by atoms with E-state index in [0.717, 1.165) is 24.0 Å². The van der Waals surface area contributed by atoms with Gasteiger partial charge in [0.15, 0.2) is 0 Å². The van der Waals surface area contributed by atoms with E-state index in [0.29, 0.717) is 5.41 Å². The normalized spacial score (nSPS) is 28.0. The molecule has 0 amide bonds. The molecule has 1 saturated heterocycles. The number of hydrogen-bond acceptors (Lipinski definition) is 2. The number of nitrogens with zero attached hydrogens (tertiary/aromatic N) is 1. The molecule has 1 aliphatic carbocycles. The van der Waals surface area contributed by atoms with Crippen LogP contribution in [-0.4, -0.2) is 31.6 Å². The maximum atomic E-state index is 5.56. The lowest BCUT2D eigenvalue weighted by Crippen LogP contribution is -2.52. The van der Waals surface area contributed by atoms with Crippen LogP contribution in [0.5, 0.6) is 5.75 Å². The molecule has 3 atom stereocenters. The summed E-state index contributed by atoms with van der Waals surface area (Å²) in [5.41, 5.74) is 4.67. The van der Waals surface area contributed by atoms with Gasteiger partial charge in [0.1, 0.15) is 5.75 Å². The number of piperidine rings is 1. The molecular weight excluding hydrogens is 342 g/mol. The lowest BCUT2D eigenvalue weighted by Gasteiger charge is -2.53. The number of methoxy groups -OCH3 is 1. The number of hydrogen-bond donors (Lipinski definition) is 0. The van der Waals surface area contributed by atoms with Crippen molar-refractivity contribution in [3.63, 3.8) is 0 Å². The molecule has 2 nitrogen and oxygen atoms in total.